The molecule has 1 aromatic rings. The van der Waals surface area contributed by atoms with Gasteiger partial charge < -0.3 is 14.2 Å². The normalized spacial score (nSPS) is 31.3. The van der Waals surface area contributed by atoms with Gasteiger partial charge in [0.25, 0.3) is 0 Å². The van der Waals surface area contributed by atoms with Crippen molar-refractivity contribution in [1.82, 2.24) is 0 Å². The number of hydrogen-bond donors (Lipinski definition) is 1. The van der Waals surface area contributed by atoms with E-state index in [2.05, 4.69) is 45.9 Å². The van der Waals surface area contributed by atoms with Crippen molar-refractivity contribution < 1.29 is 14.2 Å². The quantitative estimate of drug-likeness (QED) is 0.346. The maximum Gasteiger partial charge on any atom is 0.217 e. The lowest BCUT2D eigenvalue weighted by molar-refractivity contribution is -0.301. The number of rotatable bonds is 9. The van der Waals surface area contributed by atoms with E-state index in [1.54, 1.807) is 12.1 Å². The van der Waals surface area contributed by atoms with Gasteiger partial charge in [0.1, 0.15) is 11.9 Å². The third-order valence-electron chi connectivity index (χ3n) is 9.08. The van der Waals surface area contributed by atoms with Gasteiger partial charge in [-0.15, -0.1) is 0 Å². The summed E-state index contributed by atoms with van der Waals surface area (Å²) in [6.45, 7) is 9.32. The zero-order valence-electron chi connectivity index (χ0n) is 23.2. The minimum Gasteiger partial charge on any atom is -0.494 e. The molecule has 2 heterocycles. The molecule has 5 atom stereocenters. The molecule has 1 aliphatic carbocycles. The second-order valence-corrected chi connectivity index (χ2v) is 12.3. The molecule has 2 bridgehead atoms. The Kier molecular flexibility index (Phi) is 7.79. The first kappa shape index (κ1) is 27.9. The Hall–Kier alpha value is -3.08. The summed E-state index contributed by atoms with van der Waals surface area (Å²) in [5.74, 6) is -1.11. The topological polar surface area (TPSA) is 123 Å². The number of nitriles is 3. The summed E-state index contributed by atoms with van der Waals surface area (Å²) >= 11 is 0. The van der Waals surface area contributed by atoms with Gasteiger partial charge in [0.15, 0.2) is 5.41 Å². The first-order chi connectivity index (χ1) is 18.1. The largest absolute Gasteiger partial charge is 0.494 e. The van der Waals surface area contributed by atoms with Crippen LogP contribution in [-0.4, -0.2) is 18.3 Å². The van der Waals surface area contributed by atoms with E-state index < -0.39 is 28.6 Å². The fraction of sp³-hybridized carbons (Fsp3) is 0.677. The maximum atomic E-state index is 10.6. The van der Waals surface area contributed by atoms with Crippen LogP contribution in [0.3, 0.4) is 0 Å². The molecule has 7 heteroatoms. The Labute approximate surface area is 227 Å². The number of nitrogens with one attached hydrogen (secondary N) is 1. The number of unbranched alkanes of at least 4 members (excludes halogenated alkanes) is 5. The molecule has 2 saturated heterocycles. The summed E-state index contributed by atoms with van der Waals surface area (Å²) in [5.41, 5.74) is -3.06. The van der Waals surface area contributed by atoms with Gasteiger partial charge in [0, 0.05) is 6.42 Å². The molecule has 2 aliphatic heterocycles. The van der Waals surface area contributed by atoms with Crippen LogP contribution in [0.5, 0.6) is 5.75 Å². The standard InChI is InChI=1S/C31H40N4O3/c1-5-6-7-8-9-10-17-36-24-13-11-22(12-14-24)26-29(19-32,20-33)30(21-34)25-18-23(28(2,3)4)15-16-31(25,37-26)38-27(30)35/h11-14,23,25-26,35H,5-10,15-18H2,1-4H3. The molecule has 1 aromatic carbocycles. The highest BCUT2D eigenvalue weighted by atomic mass is 16.7. The minimum absolute atomic E-state index is 0.0238. The molecule has 1 N–H and O–H groups in total. The van der Waals surface area contributed by atoms with Crippen molar-refractivity contribution in [3.8, 4) is 24.0 Å². The highest BCUT2D eigenvalue weighted by Crippen LogP contribution is 2.70. The zero-order valence-corrected chi connectivity index (χ0v) is 23.2. The molecule has 0 spiro atoms. The van der Waals surface area contributed by atoms with Gasteiger partial charge in [0.05, 0.1) is 30.7 Å². The molecular weight excluding hydrogens is 476 g/mol. The molecule has 3 fully saturated rings. The maximum absolute atomic E-state index is 10.6. The number of nitrogens with zero attached hydrogens (tertiary/aromatic N) is 3. The average molecular weight is 517 g/mol. The molecule has 3 aliphatic rings. The van der Waals surface area contributed by atoms with Crippen molar-refractivity contribution in [3.05, 3.63) is 29.8 Å². The van der Waals surface area contributed by atoms with E-state index in [1.165, 1.54) is 25.7 Å². The molecular formula is C31H40N4O3. The lowest BCUT2D eigenvalue weighted by Gasteiger charge is -2.54. The zero-order chi connectivity index (χ0) is 27.6. The van der Waals surface area contributed by atoms with E-state index in [0.29, 0.717) is 30.8 Å². The number of ether oxygens (including phenoxy) is 3. The van der Waals surface area contributed by atoms with Gasteiger partial charge in [-0.25, -0.2) is 0 Å². The van der Waals surface area contributed by atoms with E-state index in [-0.39, 0.29) is 17.2 Å². The first-order valence-corrected chi connectivity index (χ1v) is 14.1. The monoisotopic (exact) mass is 516 g/mol. The summed E-state index contributed by atoms with van der Waals surface area (Å²) < 4.78 is 18.6. The number of hydrogen-bond acceptors (Lipinski definition) is 7. The van der Waals surface area contributed by atoms with Crippen molar-refractivity contribution >= 4 is 5.90 Å². The van der Waals surface area contributed by atoms with Crippen LogP contribution in [0.25, 0.3) is 0 Å². The lowest BCUT2D eigenvalue weighted by Crippen LogP contribution is -2.61. The van der Waals surface area contributed by atoms with Crippen LogP contribution in [0.1, 0.15) is 97.1 Å². The smallest absolute Gasteiger partial charge is 0.217 e. The predicted molar refractivity (Wildman–Crippen MR) is 143 cm³/mol. The van der Waals surface area contributed by atoms with E-state index in [1.807, 2.05) is 12.1 Å². The fourth-order valence-electron chi connectivity index (χ4n) is 6.74. The SMILES string of the molecule is CCCCCCCCOc1ccc(C2OC34CCC(C(C)(C)C)CC3C(C#N)(C(=N)O4)C2(C#N)C#N)cc1. The average Bonchev–Trinajstić information content (AvgIpc) is 3.11. The summed E-state index contributed by atoms with van der Waals surface area (Å²) in [5, 5.41) is 40.4. The van der Waals surface area contributed by atoms with Gasteiger partial charge in [-0.2, -0.15) is 15.8 Å². The Morgan fingerprint density at radius 1 is 1.00 bits per heavy atom. The minimum atomic E-state index is -1.93. The summed E-state index contributed by atoms with van der Waals surface area (Å²) in [7, 11) is 0. The molecule has 0 aromatic heterocycles. The van der Waals surface area contributed by atoms with Crippen LogP contribution in [0, 0.1) is 67.5 Å². The molecule has 0 radical (unpaired) electrons. The van der Waals surface area contributed by atoms with Gasteiger partial charge in [-0.05, 0) is 48.3 Å². The summed E-state index contributed by atoms with van der Waals surface area (Å²) in [6.07, 6.45) is 7.97. The van der Waals surface area contributed by atoms with Gasteiger partial charge in [0.2, 0.25) is 17.1 Å². The van der Waals surface area contributed by atoms with E-state index in [9.17, 15) is 15.8 Å². The van der Waals surface area contributed by atoms with Crippen LogP contribution < -0.4 is 4.74 Å². The Balaban J connectivity index is 1.60. The lowest BCUT2D eigenvalue weighted by atomic mass is 9.49. The molecule has 7 nitrogen and oxygen atoms in total. The van der Waals surface area contributed by atoms with Gasteiger partial charge in [-0.1, -0.05) is 71.9 Å². The molecule has 1 saturated carbocycles. The fourth-order valence-corrected chi connectivity index (χ4v) is 6.74. The Morgan fingerprint density at radius 3 is 2.26 bits per heavy atom. The van der Waals surface area contributed by atoms with Crippen molar-refractivity contribution in [2.45, 2.75) is 97.4 Å². The first-order valence-electron chi connectivity index (χ1n) is 14.1. The van der Waals surface area contributed by atoms with Crippen LogP contribution in [0.15, 0.2) is 24.3 Å². The van der Waals surface area contributed by atoms with E-state index in [4.69, 9.17) is 19.6 Å². The number of benzene rings is 1. The molecule has 0 amide bonds. The van der Waals surface area contributed by atoms with Crippen molar-refractivity contribution in [3.63, 3.8) is 0 Å². The molecule has 202 valence electrons. The predicted octanol–water partition coefficient (Wildman–Crippen LogP) is 7.21. The van der Waals surface area contributed by atoms with Crippen LogP contribution in [0.4, 0.5) is 0 Å². The summed E-state index contributed by atoms with van der Waals surface area (Å²) in [4.78, 5) is 0. The van der Waals surface area contributed by atoms with Crippen molar-refractivity contribution in [2.24, 2.45) is 28.1 Å². The third kappa shape index (κ3) is 4.34. The van der Waals surface area contributed by atoms with E-state index in [0.717, 1.165) is 19.3 Å². The third-order valence-corrected chi connectivity index (χ3v) is 9.08. The van der Waals surface area contributed by atoms with E-state index >= 15 is 0 Å². The van der Waals surface area contributed by atoms with Crippen LogP contribution >= 0.6 is 0 Å². The molecule has 5 unspecified atom stereocenters. The Bertz CT molecular complexity index is 1140. The summed E-state index contributed by atoms with van der Waals surface area (Å²) in [6, 6.07) is 13.9. The molecule has 4 rings (SSSR count). The highest BCUT2D eigenvalue weighted by Gasteiger charge is 2.81. The van der Waals surface area contributed by atoms with Crippen LogP contribution in [-0.2, 0) is 9.47 Å². The van der Waals surface area contributed by atoms with Gasteiger partial charge >= 0.3 is 0 Å². The van der Waals surface area contributed by atoms with Crippen molar-refractivity contribution in [1.29, 1.82) is 21.2 Å². The van der Waals surface area contributed by atoms with Crippen LogP contribution in [0.2, 0.25) is 0 Å². The second-order valence-electron chi connectivity index (χ2n) is 12.3. The second kappa shape index (κ2) is 10.6. The van der Waals surface area contributed by atoms with Gasteiger partial charge in [-0.3, -0.25) is 5.41 Å². The highest BCUT2D eigenvalue weighted by molar-refractivity contribution is 5.89. The van der Waals surface area contributed by atoms with Crippen molar-refractivity contribution in [2.75, 3.05) is 6.61 Å². The molecule has 38 heavy (non-hydrogen) atoms. The Morgan fingerprint density at radius 2 is 1.66 bits per heavy atom.